The number of piperidine rings is 1. The number of nitriles is 1. The van der Waals surface area contributed by atoms with E-state index in [0.29, 0.717) is 6.54 Å². The van der Waals surface area contributed by atoms with E-state index in [1.165, 1.54) is 6.42 Å². The first kappa shape index (κ1) is 11.4. The van der Waals surface area contributed by atoms with Crippen LogP contribution in [-0.4, -0.2) is 36.1 Å². The molecule has 1 spiro atoms. The molecule has 0 aromatic rings. The number of likely N-dealkylation sites (tertiary alicyclic amines) is 1. The van der Waals surface area contributed by atoms with Gasteiger partial charge in [0.2, 0.25) is 5.91 Å². The van der Waals surface area contributed by atoms with Crippen molar-refractivity contribution >= 4 is 5.91 Å². The summed E-state index contributed by atoms with van der Waals surface area (Å²) in [4.78, 5) is 13.5. The highest BCUT2D eigenvalue weighted by molar-refractivity contribution is 5.78. The van der Waals surface area contributed by atoms with Gasteiger partial charge in [-0.1, -0.05) is 0 Å². The summed E-state index contributed by atoms with van der Waals surface area (Å²) in [5, 5.41) is 8.54. The molecule has 0 aromatic heterocycles. The minimum Gasteiger partial charge on any atom is -0.373 e. The van der Waals surface area contributed by atoms with Crippen molar-refractivity contribution in [3.05, 3.63) is 0 Å². The molecule has 2 fully saturated rings. The maximum atomic E-state index is 11.7. The van der Waals surface area contributed by atoms with E-state index in [1.54, 1.807) is 4.90 Å². The van der Waals surface area contributed by atoms with Gasteiger partial charge in [-0.05, 0) is 32.1 Å². The normalized spacial score (nSPS) is 30.1. The van der Waals surface area contributed by atoms with Crippen LogP contribution in [-0.2, 0) is 9.53 Å². The van der Waals surface area contributed by atoms with Crippen LogP contribution in [0.3, 0.4) is 0 Å². The monoisotopic (exact) mass is 222 g/mol. The van der Waals surface area contributed by atoms with Crippen LogP contribution < -0.4 is 0 Å². The highest BCUT2D eigenvalue weighted by Crippen LogP contribution is 2.33. The Balaban J connectivity index is 1.98. The summed E-state index contributed by atoms with van der Waals surface area (Å²) in [5.74, 6) is -0.0456. The summed E-state index contributed by atoms with van der Waals surface area (Å²) in [6.07, 6.45) is 5.44. The lowest BCUT2D eigenvalue weighted by molar-refractivity contribution is -0.148. The Bertz CT molecular complexity index is 297. The molecule has 2 rings (SSSR count). The second kappa shape index (κ2) is 4.84. The number of ether oxygens (including phenoxy) is 1. The van der Waals surface area contributed by atoms with Crippen LogP contribution in [0.1, 0.15) is 38.5 Å². The molecule has 1 amide bonds. The average molecular weight is 222 g/mol. The molecule has 4 nitrogen and oxygen atoms in total. The van der Waals surface area contributed by atoms with E-state index in [1.807, 2.05) is 6.07 Å². The number of hydrogen-bond acceptors (Lipinski definition) is 3. The molecule has 4 heteroatoms. The summed E-state index contributed by atoms with van der Waals surface area (Å²) in [6.45, 7) is 2.29. The SMILES string of the molecule is N#CCC(=O)N1CCC[C@]2(CCCCO2)C1. The summed E-state index contributed by atoms with van der Waals surface area (Å²) in [7, 11) is 0. The second-order valence-electron chi connectivity index (χ2n) is 4.74. The molecule has 2 saturated heterocycles. The smallest absolute Gasteiger partial charge is 0.236 e. The maximum absolute atomic E-state index is 11.7. The summed E-state index contributed by atoms with van der Waals surface area (Å²) in [5.41, 5.74) is -0.0956. The summed E-state index contributed by atoms with van der Waals surface area (Å²) >= 11 is 0. The summed E-state index contributed by atoms with van der Waals surface area (Å²) < 4.78 is 5.89. The maximum Gasteiger partial charge on any atom is 0.236 e. The first-order valence-corrected chi connectivity index (χ1v) is 6.04. The van der Waals surface area contributed by atoms with Crippen molar-refractivity contribution in [2.45, 2.75) is 44.1 Å². The zero-order valence-corrected chi connectivity index (χ0v) is 9.57. The van der Waals surface area contributed by atoms with Crippen LogP contribution in [0.5, 0.6) is 0 Å². The molecule has 0 aliphatic carbocycles. The van der Waals surface area contributed by atoms with E-state index < -0.39 is 0 Å². The third kappa shape index (κ3) is 2.35. The number of rotatable bonds is 1. The molecular weight excluding hydrogens is 204 g/mol. The van der Waals surface area contributed by atoms with Gasteiger partial charge in [0.1, 0.15) is 6.42 Å². The number of carbonyl (C=O) groups is 1. The van der Waals surface area contributed by atoms with E-state index in [4.69, 9.17) is 10.00 Å². The van der Waals surface area contributed by atoms with Gasteiger partial charge in [-0.15, -0.1) is 0 Å². The number of nitrogens with zero attached hydrogens (tertiary/aromatic N) is 2. The van der Waals surface area contributed by atoms with E-state index >= 15 is 0 Å². The average Bonchev–Trinajstić information content (AvgIpc) is 2.30. The van der Waals surface area contributed by atoms with Gasteiger partial charge in [0, 0.05) is 19.7 Å². The zero-order valence-electron chi connectivity index (χ0n) is 9.57. The Morgan fingerprint density at radius 3 is 2.88 bits per heavy atom. The third-order valence-electron chi connectivity index (χ3n) is 3.56. The molecule has 2 aliphatic rings. The molecule has 0 unspecified atom stereocenters. The van der Waals surface area contributed by atoms with Gasteiger partial charge >= 0.3 is 0 Å². The molecule has 0 radical (unpaired) electrons. The third-order valence-corrected chi connectivity index (χ3v) is 3.56. The first-order chi connectivity index (χ1) is 7.76. The van der Waals surface area contributed by atoms with Crippen LogP contribution in [0.4, 0.5) is 0 Å². The Labute approximate surface area is 96.2 Å². The topological polar surface area (TPSA) is 53.3 Å². The Kier molecular flexibility index (Phi) is 3.45. The highest BCUT2D eigenvalue weighted by Gasteiger charge is 2.38. The van der Waals surface area contributed by atoms with Crippen molar-refractivity contribution in [1.82, 2.24) is 4.90 Å². The number of amides is 1. The second-order valence-corrected chi connectivity index (χ2v) is 4.74. The molecule has 16 heavy (non-hydrogen) atoms. The molecule has 0 N–H and O–H groups in total. The van der Waals surface area contributed by atoms with Crippen molar-refractivity contribution < 1.29 is 9.53 Å². The Morgan fingerprint density at radius 1 is 1.38 bits per heavy atom. The van der Waals surface area contributed by atoms with Gasteiger partial charge in [-0.25, -0.2) is 0 Å². The van der Waals surface area contributed by atoms with Crippen molar-refractivity contribution in [3.63, 3.8) is 0 Å². The number of hydrogen-bond donors (Lipinski definition) is 0. The molecule has 0 aromatic carbocycles. The van der Waals surface area contributed by atoms with Crippen LogP contribution in [0.2, 0.25) is 0 Å². The number of carbonyl (C=O) groups excluding carboxylic acids is 1. The molecule has 1 atom stereocenters. The van der Waals surface area contributed by atoms with Gasteiger partial charge in [-0.3, -0.25) is 4.79 Å². The Morgan fingerprint density at radius 2 is 2.19 bits per heavy atom. The minimum absolute atomic E-state index is 0.00389. The van der Waals surface area contributed by atoms with Crippen molar-refractivity contribution in [1.29, 1.82) is 5.26 Å². The lowest BCUT2D eigenvalue weighted by atomic mass is 9.85. The van der Waals surface area contributed by atoms with Crippen molar-refractivity contribution in [3.8, 4) is 6.07 Å². The summed E-state index contributed by atoms with van der Waals surface area (Å²) in [6, 6.07) is 1.92. The van der Waals surface area contributed by atoms with E-state index in [9.17, 15) is 4.79 Å². The molecule has 2 heterocycles. The van der Waals surface area contributed by atoms with Gasteiger partial charge in [0.15, 0.2) is 0 Å². The minimum atomic E-state index is -0.0956. The largest absolute Gasteiger partial charge is 0.373 e. The van der Waals surface area contributed by atoms with E-state index in [2.05, 4.69) is 0 Å². The lowest BCUT2D eigenvalue weighted by Gasteiger charge is -2.44. The van der Waals surface area contributed by atoms with Crippen LogP contribution >= 0.6 is 0 Å². The molecule has 0 saturated carbocycles. The molecular formula is C12H18N2O2. The fraction of sp³-hybridized carbons (Fsp3) is 0.833. The van der Waals surface area contributed by atoms with Crippen LogP contribution in [0, 0.1) is 11.3 Å². The van der Waals surface area contributed by atoms with Gasteiger partial charge < -0.3 is 9.64 Å². The quantitative estimate of drug-likeness (QED) is 0.675. The zero-order chi connectivity index (χ0) is 11.4. The van der Waals surface area contributed by atoms with Crippen LogP contribution in [0.15, 0.2) is 0 Å². The van der Waals surface area contributed by atoms with Gasteiger partial charge in [0.25, 0.3) is 0 Å². The fourth-order valence-electron chi connectivity index (χ4n) is 2.72. The van der Waals surface area contributed by atoms with E-state index in [-0.39, 0.29) is 17.9 Å². The highest BCUT2D eigenvalue weighted by atomic mass is 16.5. The fourth-order valence-corrected chi connectivity index (χ4v) is 2.72. The predicted octanol–water partition coefficient (Wildman–Crippen LogP) is 1.46. The van der Waals surface area contributed by atoms with Gasteiger partial charge in [0.05, 0.1) is 11.7 Å². The van der Waals surface area contributed by atoms with E-state index in [0.717, 1.165) is 38.8 Å². The van der Waals surface area contributed by atoms with Gasteiger partial charge in [-0.2, -0.15) is 5.26 Å². The molecule has 88 valence electrons. The lowest BCUT2D eigenvalue weighted by Crippen LogP contribution is -2.53. The standard InChI is InChI=1S/C12H18N2O2/c13-7-4-11(15)14-8-3-6-12(10-14)5-1-2-9-16-12/h1-6,8-10H2/t12-/m1/s1. The Hall–Kier alpha value is -1.08. The van der Waals surface area contributed by atoms with Crippen LogP contribution in [0.25, 0.3) is 0 Å². The van der Waals surface area contributed by atoms with Crippen molar-refractivity contribution in [2.75, 3.05) is 19.7 Å². The molecule has 0 bridgehead atoms. The first-order valence-electron chi connectivity index (χ1n) is 6.04. The predicted molar refractivity (Wildman–Crippen MR) is 58.6 cm³/mol. The molecule has 2 aliphatic heterocycles. The van der Waals surface area contributed by atoms with Crippen molar-refractivity contribution in [2.24, 2.45) is 0 Å².